The summed E-state index contributed by atoms with van der Waals surface area (Å²) < 4.78 is 0. The van der Waals surface area contributed by atoms with Gasteiger partial charge in [-0.1, -0.05) is 56.2 Å². The Balaban J connectivity index is 1.57. The van der Waals surface area contributed by atoms with E-state index in [2.05, 4.69) is 5.32 Å². The van der Waals surface area contributed by atoms with Gasteiger partial charge in [-0.25, -0.2) is 4.79 Å². The van der Waals surface area contributed by atoms with Crippen LogP contribution in [-0.4, -0.2) is 34.7 Å². The first kappa shape index (κ1) is 16.8. The number of carbonyl (C=O) groups excluding carboxylic acids is 3. The number of urea groups is 1. The molecule has 1 saturated heterocycles. The highest BCUT2D eigenvalue weighted by molar-refractivity contribution is 6.11. The highest BCUT2D eigenvalue weighted by Gasteiger charge is 2.55. The Morgan fingerprint density at radius 2 is 1.92 bits per heavy atom. The molecular formula is C21H22N2O3. The van der Waals surface area contributed by atoms with Gasteiger partial charge in [0.2, 0.25) is 0 Å². The zero-order valence-electron chi connectivity index (χ0n) is 14.8. The van der Waals surface area contributed by atoms with Crippen LogP contribution >= 0.6 is 0 Å². The molecule has 3 amide bonds. The Bertz CT molecular complexity index is 907. The van der Waals surface area contributed by atoms with Gasteiger partial charge in [-0.2, -0.15) is 0 Å². The van der Waals surface area contributed by atoms with Crippen molar-refractivity contribution in [3.8, 4) is 0 Å². The Morgan fingerprint density at radius 1 is 1.15 bits per heavy atom. The van der Waals surface area contributed by atoms with Gasteiger partial charge in [0.1, 0.15) is 5.54 Å². The fourth-order valence-corrected chi connectivity index (χ4v) is 4.24. The molecule has 2 aliphatic rings. The smallest absolute Gasteiger partial charge is 0.323 e. The van der Waals surface area contributed by atoms with Gasteiger partial charge in [-0.3, -0.25) is 14.5 Å². The van der Waals surface area contributed by atoms with E-state index in [1.54, 1.807) is 6.07 Å². The minimum Gasteiger partial charge on any atom is -0.323 e. The van der Waals surface area contributed by atoms with Crippen molar-refractivity contribution in [2.75, 3.05) is 6.54 Å². The predicted molar refractivity (Wildman–Crippen MR) is 98.9 cm³/mol. The van der Waals surface area contributed by atoms with Crippen LogP contribution in [0, 0.1) is 5.92 Å². The average molecular weight is 350 g/mol. The van der Waals surface area contributed by atoms with Crippen LogP contribution in [-0.2, 0) is 4.79 Å². The normalized spacial score (nSPS) is 25.7. The van der Waals surface area contributed by atoms with Crippen LogP contribution in [0.15, 0.2) is 42.5 Å². The molecule has 0 aromatic heterocycles. The summed E-state index contributed by atoms with van der Waals surface area (Å²) in [7, 11) is 0. The lowest BCUT2D eigenvalue weighted by Crippen LogP contribution is -2.54. The van der Waals surface area contributed by atoms with Crippen molar-refractivity contribution in [2.24, 2.45) is 5.92 Å². The van der Waals surface area contributed by atoms with E-state index in [1.165, 1.54) is 0 Å². The molecule has 1 N–H and O–H groups in total. The fourth-order valence-electron chi connectivity index (χ4n) is 4.24. The maximum absolute atomic E-state index is 13.0. The standard InChI is InChI=1S/C21H22N2O3/c1-14-6-4-5-11-21(14)19(25)23(20(26)22-21)13-18(24)17-10-9-15-7-2-3-8-16(15)12-17/h2-3,7-10,12,14H,4-6,11,13H2,1H3,(H,22,26)/t14-,21+/m0/s1. The Morgan fingerprint density at radius 3 is 2.69 bits per heavy atom. The quantitative estimate of drug-likeness (QED) is 0.680. The first-order valence-corrected chi connectivity index (χ1v) is 9.17. The number of ketones is 1. The van der Waals surface area contributed by atoms with Crippen LogP contribution in [0.2, 0.25) is 0 Å². The minimum absolute atomic E-state index is 0.0912. The van der Waals surface area contributed by atoms with Crippen molar-refractivity contribution >= 4 is 28.5 Å². The molecular weight excluding hydrogens is 328 g/mol. The zero-order valence-corrected chi connectivity index (χ0v) is 14.8. The van der Waals surface area contributed by atoms with Crippen LogP contribution in [0.25, 0.3) is 10.8 Å². The van der Waals surface area contributed by atoms with Gasteiger partial charge < -0.3 is 5.32 Å². The molecule has 5 heteroatoms. The van der Waals surface area contributed by atoms with Crippen LogP contribution in [0.1, 0.15) is 43.0 Å². The van der Waals surface area contributed by atoms with Gasteiger partial charge in [-0.15, -0.1) is 0 Å². The molecule has 1 spiro atoms. The topological polar surface area (TPSA) is 66.5 Å². The number of benzene rings is 2. The summed E-state index contributed by atoms with van der Waals surface area (Å²) in [6, 6.07) is 12.8. The maximum atomic E-state index is 13.0. The van der Waals surface area contributed by atoms with Crippen molar-refractivity contribution in [3.63, 3.8) is 0 Å². The molecule has 26 heavy (non-hydrogen) atoms. The molecule has 1 aliphatic carbocycles. The molecule has 2 aromatic carbocycles. The molecule has 1 aliphatic heterocycles. The van der Waals surface area contributed by atoms with E-state index in [0.717, 1.165) is 34.9 Å². The molecule has 0 unspecified atom stereocenters. The van der Waals surface area contributed by atoms with Gasteiger partial charge in [0.15, 0.2) is 5.78 Å². The average Bonchev–Trinajstić information content (AvgIpc) is 2.89. The lowest BCUT2D eigenvalue weighted by Gasteiger charge is -2.36. The van der Waals surface area contributed by atoms with Crippen LogP contribution in [0.3, 0.4) is 0 Å². The van der Waals surface area contributed by atoms with E-state index in [1.807, 2.05) is 43.3 Å². The van der Waals surface area contributed by atoms with E-state index in [9.17, 15) is 14.4 Å². The van der Waals surface area contributed by atoms with E-state index >= 15 is 0 Å². The van der Waals surface area contributed by atoms with E-state index in [4.69, 9.17) is 0 Å². The van der Waals surface area contributed by atoms with Crippen LogP contribution in [0.5, 0.6) is 0 Å². The van der Waals surface area contributed by atoms with E-state index in [0.29, 0.717) is 12.0 Å². The summed E-state index contributed by atoms with van der Waals surface area (Å²) in [5, 5.41) is 4.91. The van der Waals surface area contributed by atoms with Gasteiger partial charge in [0.25, 0.3) is 5.91 Å². The van der Waals surface area contributed by atoms with Gasteiger partial charge >= 0.3 is 6.03 Å². The number of Topliss-reactive ketones (excluding diaryl/α,β-unsaturated/α-hetero) is 1. The third-order valence-electron chi connectivity index (χ3n) is 5.87. The Kier molecular flexibility index (Phi) is 4.02. The second kappa shape index (κ2) is 6.24. The van der Waals surface area contributed by atoms with E-state index in [-0.39, 0.29) is 24.2 Å². The highest BCUT2D eigenvalue weighted by atomic mass is 16.2. The SMILES string of the molecule is C[C@H]1CCCC[C@@]12NC(=O)N(CC(=O)c1ccc3ccccc3c1)C2=O. The largest absolute Gasteiger partial charge is 0.325 e. The second-order valence-electron chi connectivity index (χ2n) is 7.42. The maximum Gasteiger partial charge on any atom is 0.325 e. The highest BCUT2D eigenvalue weighted by Crippen LogP contribution is 2.38. The van der Waals surface area contributed by atoms with Gasteiger partial charge in [-0.05, 0) is 35.6 Å². The Labute approximate surface area is 152 Å². The lowest BCUT2D eigenvalue weighted by molar-refractivity contribution is -0.133. The summed E-state index contributed by atoms with van der Waals surface area (Å²) in [5.74, 6) is -0.378. The molecule has 134 valence electrons. The van der Waals surface area contributed by atoms with Crippen molar-refractivity contribution < 1.29 is 14.4 Å². The monoisotopic (exact) mass is 350 g/mol. The Hall–Kier alpha value is -2.69. The minimum atomic E-state index is -0.820. The third-order valence-corrected chi connectivity index (χ3v) is 5.87. The van der Waals surface area contributed by atoms with Crippen molar-refractivity contribution in [3.05, 3.63) is 48.0 Å². The molecule has 5 nitrogen and oxygen atoms in total. The molecule has 2 fully saturated rings. The number of hydrogen-bond donors (Lipinski definition) is 1. The van der Waals surface area contributed by atoms with Crippen molar-refractivity contribution in [1.82, 2.24) is 10.2 Å². The summed E-state index contributed by atoms with van der Waals surface area (Å²) in [6.07, 6.45) is 3.56. The van der Waals surface area contributed by atoms with Crippen LogP contribution < -0.4 is 5.32 Å². The fraction of sp³-hybridized carbons (Fsp3) is 0.381. The molecule has 4 rings (SSSR count). The third kappa shape index (κ3) is 2.59. The zero-order chi connectivity index (χ0) is 18.3. The van der Waals surface area contributed by atoms with Crippen molar-refractivity contribution in [2.45, 2.75) is 38.1 Å². The number of nitrogens with zero attached hydrogens (tertiary/aromatic N) is 1. The number of hydrogen-bond acceptors (Lipinski definition) is 3. The lowest BCUT2D eigenvalue weighted by atomic mass is 9.73. The first-order valence-electron chi connectivity index (χ1n) is 9.17. The predicted octanol–water partition coefficient (Wildman–Crippen LogP) is 3.52. The van der Waals surface area contributed by atoms with Gasteiger partial charge in [0.05, 0.1) is 6.54 Å². The molecule has 0 radical (unpaired) electrons. The van der Waals surface area contributed by atoms with Crippen LogP contribution in [0.4, 0.5) is 4.79 Å². The molecule has 0 bridgehead atoms. The second-order valence-corrected chi connectivity index (χ2v) is 7.42. The number of carbonyl (C=O) groups is 3. The summed E-state index contributed by atoms with van der Waals surface area (Å²) in [5.41, 5.74) is -0.305. The summed E-state index contributed by atoms with van der Waals surface area (Å²) in [6.45, 7) is 1.80. The number of nitrogens with one attached hydrogen (secondary N) is 1. The molecule has 1 heterocycles. The molecule has 2 aromatic rings. The first-order chi connectivity index (χ1) is 12.5. The van der Waals surface area contributed by atoms with E-state index < -0.39 is 11.6 Å². The summed E-state index contributed by atoms with van der Waals surface area (Å²) in [4.78, 5) is 39.2. The number of imide groups is 1. The number of amides is 3. The number of fused-ring (bicyclic) bond motifs is 1. The summed E-state index contributed by atoms with van der Waals surface area (Å²) >= 11 is 0. The molecule has 1 saturated carbocycles. The van der Waals surface area contributed by atoms with Gasteiger partial charge in [0, 0.05) is 5.56 Å². The number of rotatable bonds is 3. The molecule has 2 atom stereocenters. The van der Waals surface area contributed by atoms with Crippen molar-refractivity contribution in [1.29, 1.82) is 0 Å².